The second-order valence-corrected chi connectivity index (χ2v) is 5.16. The van der Waals surface area contributed by atoms with Crippen molar-refractivity contribution in [2.75, 3.05) is 6.54 Å². The van der Waals surface area contributed by atoms with Crippen LogP contribution >= 0.6 is 11.3 Å². The number of aryl methyl sites for hydroxylation is 1. The van der Waals surface area contributed by atoms with Crippen molar-refractivity contribution in [3.05, 3.63) is 21.9 Å². The summed E-state index contributed by atoms with van der Waals surface area (Å²) in [5.74, 6) is 0.662. The quantitative estimate of drug-likeness (QED) is 0.756. The molecule has 0 bridgehead atoms. The first-order chi connectivity index (χ1) is 6.75. The Balaban J connectivity index is 2.12. The SMILES string of the molecule is Cc1ccc(C2CCCNC(=O)C2)s1. The fraction of sp³-hybridized carbons (Fsp3) is 0.545. The topological polar surface area (TPSA) is 29.1 Å². The molecule has 14 heavy (non-hydrogen) atoms. The number of hydrogen-bond acceptors (Lipinski definition) is 2. The minimum Gasteiger partial charge on any atom is -0.356 e. The molecule has 1 fully saturated rings. The van der Waals surface area contributed by atoms with Crippen LogP contribution < -0.4 is 5.32 Å². The first kappa shape index (κ1) is 9.71. The van der Waals surface area contributed by atoms with Crippen LogP contribution in [0.1, 0.15) is 34.9 Å². The molecule has 1 aromatic heterocycles. The summed E-state index contributed by atoms with van der Waals surface area (Å²) in [6, 6.07) is 4.31. The van der Waals surface area contributed by atoms with Crippen LogP contribution in [0.15, 0.2) is 12.1 Å². The third-order valence-corrected chi connectivity index (χ3v) is 3.81. The van der Waals surface area contributed by atoms with Gasteiger partial charge in [-0.2, -0.15) is 0 Å². The van der Waals surface area contributed by atoms with Gasteiger partial charge in [0.25, 0.3) is 0 Å². The second-order valence-electron chi connectivity index (χ2n) is 3.84. The van der Waals surface area contributed by atoms with Crippen molar-refractivity contribution < 1.29 is 4.79 Å². The highest BCUT2D eigenvalue weighted by atomic mass is 32.1. The maximum atomic E-state index is 11.4. The highest BCUT2D eigenvalue weighted by Gasteiger charge is 2.19. The summed E-state index contributed by atoms with van der Waals surface area (Å²) in [6.45, 7) is 2.96. The lowest BCUT2D eigenvalue weighted by molar-refractivity contribution is -0.121. The fourth-order valence-corrected chi connectivity index (χ4v) is 2.90. The largest absolute Gasteiger partial charge is 0.356 e. The van der Waals surface area contributed by atoms with Crippen LogP contribution in [0.5, 0.6) is 0 Å². The Labute approximate surface area is 88.3 Å². The molecule has 1 atom stereocenters. The number of thiophene rings is 1. The molecule has 1 aromatic rings. The maximum Gasteiger partial charge on any atom is 0.220 e. The minimum atomic E-state index is 0.207. The van der Waals surface area contributed by atoms with Crippen LogP contribution in [0.2, 0.25) is 0 Å². The molecule has 76 valence electrons. The Kier molecular flexibility index (Phi) is 2.87. The molecule has 3 heteroatoms. The van der Waals surface area contributed by atoms with E-state index >= 15 is 0 Å². The average Bonchev–Trinajstić information content (AvgIpc) is 2.45. The summed E-state index contributed by atoms with van der Waals surface area (Å²) in [6.07, 6.45) is 2.91. The van der Waals surface area contributed by atoms with Gasteiger partial charge in [-0.3, -0.25) is 4.79 Å². The van der Waals surface area contributed by atoms with Crippen molar-refractivity contribution in [1.82, 2.24) is 5.32 Å². The third kappa shape index (κ3) is 2.15. The Hall–Kier alpha value is -0.830. The van der Waals surface area contributed by atoms with Crippen LogP contribution in [0.3, 0.4) is 0 Å². The van der Waals surface area contributed by atoms with Crippen molar-refractivity contribution >= 4 is 17.2 Å². The second kappa shape index (κ2) is 4.13. The highest BCUT2D eigenvalue weighted by Crippen LogP contribution is 2.31. The Morgan fingerprint density at radius 1 is 1.50 bits per heavy atom. The molecule has 0 radical (unpaired) electrons. The van der Waals surface area contributed by atoms with E-state index in [1.165, 1.54) is 9.75 Å². The van der Waals surface area contributed by atoms with Crippen LogP contribution in [-0.2, 0) is 4.79 Å². The molecular weight excluding hydrogens is 194 g/mol. The normalized spacial score (nSPS) is 22.9. The Bertz CT molecular complexity index is 332. The molecule has 0 spiro atoms. The first-order valence-electron chi connectivity index (χ1n) is 5.09. The van der Waals surface area contributed by atoms with E-state index in [1.54, 1.807) is 0 Å². The summed E-state index contributed by atoms with van der Waals surface area (Å²) in [7, 11) is 0. The predicted molar refractivity (Wildman–Crippen MR) is 58.7 cm³/mol. The summed E-state index contributed by atoms with van der Waals surface area (Å²) in [4.78, 5) is 14.1. The molecule has 0 saturated carbocycles. The lowest BCUT2D eigenvalue weighted by Gasteiger charge is -2.09. The van der Waals surface area contributed by atoms with Gasteiger partial charge in [0.2, 0.25) is 5.91 Å². The van der Waals surface area contributed by atoms with Gasteiger partial charge in [0, 0.05) is 28.6 Å². The van der Waals surface area contributed by atoms with E-state index in [9.17, 15) is 4.79 Å². The van der Waals surface area contributed by atoms with Crippen molar-refractivity contribution in [3.8, 4) is 0 Å². The van der Waals surface area contributed by atoms with Gasteiger partial charge >= 0.3 is 0 Å². The summed E-state index contributed by atoms with van der Waals surface area (Å²) in [5.41, 5.74) is 0. The number of carbonyl (C=O) groups excluding carboxylic acids is 1. The monoisotopic (exact) mass is 209 g/mol. The van der Waals surface area contributed by atoms with E-state index in [0.717, 1.165) is 19.4 Å². The number of carbonyl (C=O) groups is 1. The van der Waals surface area contributed by atoms with E-state index in [0.29, 0.717) is 12.3 Å². The molecule has 1 aliphatic heterocycles. The third-order valence-electron chi connectivity index (χ3n) is 2.65. The predicted octanol–water partition coefficient (Wildman–Crippen LogP) is 2.44. The van der Waals surface area contributed by atoms with Crippen LogP contribution in [0, 0.1) is 6.92 Å². The molecule has 1 unspecified atom stereocenters. The zero-order valence-electron chi connectivity index (χ0n) is 8.38. The van der Waals surface area contributed by atoms with Gasteiger partial charge in [0.1, 0.15) is 0 Å². The van der Waals surface area contributed by atoms with Crippen molar-refractivity contribution in [3.63, 3.8) is 0 Å². The van der Waals surface area contributed by atoms with Gasteiger partial charge in [0.15, 0.2) is 0 Å². The van der Waals surface area contributed by atoms with E-state index in [1.807, 2.05) is 11.3 Å². The van der Waals surface area contributed by atoms with Gasteiger partial charge in [0.05, 0.1) is 0 Å². The molecule has 0 aliphatic carbocycles. The van der Waals surface area contributed by atoms with Crippen LogP contribution in [0.4, 0.5) is 0 Å². The molecule has 2 rings (SSSR count). The Morgan fingerprint density at radius 3 is 3.07 bits per heavy atom. The van der Waals surface area contributed by atoms with Gasteiger partial charge in [-0.05, 0) is 31.9 Å². The van der Waals surface area contributed by atoms with E-state index in [-0.39, 0.29) is 5.91 Å². The summed E-state index contributed by atoms with van der Waals surface area (Å²) >= 11 is 1.83. The van der Waals surface area contributed by atoms with E-state index < -0.39 is 0 Å². The Morgan fingerprint density at radius 2 is 2.36 bits per heavy atom. The zero-order valence-corrected chi connectivity index (χ0v) is 9.19. The molecule has 2 nitrogen and oxygen atoms in total. The van der Waals surface area contributed by atoms with Crippen molar-refractivity contribution in [2.24, 2.45) is 0 Å². The smallest absolute Gasteiger partial charge is 0.220 e. The zero-order chi connectivity index (χ0) is 9.97. The number of rotatable bonds is 1. The minimum absolute atomic E-state index is 0.207. The number of nitrogens with one attached hydrogen (secondary N) is 1. The molecule has 2 heterocycles. The van der Waals surface area contributed by atoms with E-state index in [4.69, 9.17) is 0 Å². The molecular formula is C11H15NOS. The van der Waals surface area contributed by atoms with Gasteiger partial charge in [-0.25, -0.2) is 0 Å². The van der Waals surface area contributed by atoms with E-state index in [2.05, 4.69) is 24.4 Å². The van der Waals surface area contributed by atoms with Crippen molar-refractivity contribution in [1.29, 1.82) is 0 Å². The van der Waals surface area contributed by atoms with Gasteiger partial charge in [-0.1, -0.05) is 0 Å². The summed E-state index contributed by atoms with van der Waals surface area (Å²) in [5, 5.41) is 2.92. The summed E-state index contributed by atoms with van der Waals surface area (Å²) < 4.78 is 0. The van der Waals surface area contributed by atoms with Crippen LogP contribution in [-0.4, -0.2) is 12.5 Å². The van der Waals surface area contributed by atoms with Gasteiger partial charge < -0.3 is 5.32 Å². The number of amides is 1. The maximum absolute atomic E-state index is 11.4. The molecule has 0 aromatic carbocycles. The molecule has 1 aliphatic rings. The molecule has 1 N–H and O–H groups in total. The van der Waals surface area contributed by atoms with Gasteiger partial charge in [-0.15, -0.1) is 11.3 Å². The van der Waals surface area contributed by atoms with Crippen LogP contribution in [0.25, 0.3) is 0 Å². The number of hydrogen-bond donors (Lipinski definition) is 1. The lowest BCUT2D eigenvalue weighted by Crippen LogP contribution is -2.22. The lowest BCUT2D eigenvalue weighted by atomic mass is 9.99. The molecule has 1 saturated heterocycles. The highest BCUT2D eigenvalue weighted by molar-refractivity contribution is 7.12. The van der Waals surface area contributed by atoms with Crippen molar-refractivity contribution in [2.45, 2.75) is 32.1 Å². The standard InChI is InChI=1S/C11H15NOS/c1-8-4-5-10(14-8)9-3-2-6-12-11(13)7-9/h4-5,9H,2-3,6-7H2,1H3,(H,12,13). The first-order valence-corrected chi connectivity index (χ1v) is 5.90. The molecule has 1 amide bonds. The average molecular weight is 209 g/mol. The fourth-order valence-electron chi connectivity index (χ4n) is 1.89.